The molecule has 0 saturated carbocycles. The predicted octanol–water partition coefficient (Wildman–Crippen LogP) is 2.60. The lowest BCUT2D eigenvalue weighted by Crippen LogP contribution is -2.50. The number of hydrazine groups is 1. The third-order valence-electron chi connectivity index (χ3n) is 4.26. The maximum Gasteiger partial charge on any atom is 0.425 e. The van der Waals surface area contributed by atoms with Crippen LogP contribution in [-0.2, 0) is 15.2 Å². The van der Waals surface area contributed by atoms with Crippen molar-refractivity contribution in [1.29, 1.82) is 0 Å². The Morgan fingerprint density at radius 3 is 2.17 bits per heavy atom. The Labute approximate surface area is 165 Å². The van der Waals surface area contributed by atoms with E-state index in [0.29, 0.717) is 0 Å². The van der Waals surface area contributed by atoms with Gasteiger partial charge in [0.1, 0.15) is 5.76 Å². The minimum atomic E-state index is -5.16. The molecule has 1 atom stereocenters. The quantitative estimate of drug-likeness (QED) is 0.545. The molecule has 0 radical (unpaired) electrons. The summed E-state index contributed by atoms with van der Waals surface area (Å²) >= 11 is 0. The first kappa shape index (κ1) is 22.3. The van der Waals surface area contributed by atoms with Gasteiger partial charge in [0, 0.05) is 5.69 Å². The van der Waals surface area contributed by atoms with Gasteiger partial charge >= 0.3 is 6.18 Å². The van der Waals surface area contributed by atoms with Crippen LogP contribution in [0.2, 0.25) is 0 Å². The molecular weight excluding hydrogens is 391 g/mol. The minimum absolute atomic E-state index is 0.216. The second kappa shape index (κ2) is 8.56. The number of rotatable bonds is 6. The van der Waals surface area contributed by atoms with E-state index in [0.717, 1.165) is 40.8 Å². The molecule has 1 aromatic heterocycles. The Morgan fingerprint density at radius 2 is 1.66 bits per heavy atom. The average molecular weight is 413 g/mol. The number of hydrogen-bond donors (Lipinski definition) is 4. The van der Waals surface area contributed by atoms with Gasteiger partial charge in [-0.15, -0.1) is 0 Å². The highest BCUT2D eigenvalue weighted by atomic mass is 19.4. The molecule has 2 aromatic rings. The first-order chi connectivity index (χ1) is 13.4. The smallest absolute Gasteiger partial charge is 0.425 e. The predicted molar refractivity (Wildman–Crippen MR) is 98.7 cm³/mol. The van der Waals surface area contributed by atoms with Crippen LogP contribution in [0.3, 0.4) is 0 Å². The molecule has 0 bridgehead atoms. The zero-order valence-corrected chi connectivity index (χ0v) is 16.1. The molecule has 0 fully saturated rings. The largest absolute Gasteiger partial charge is 0.466 e. The normalized spacial score (nSPS) is 13.5. The van der Waals surface area contributed by atoms with Crippen molar-refractivity contribution in [3.05, 3.63) is 53.0 Å². The summed E-state index contributed by atoms with van der Waals surface area (Å²) in [6.07, 6.45) is -5.59. The highest BCUT2D eigenvalue weighted by Crippen LogP contribution is 2.41. The molecular formula is C19H22F3N3O4. The van der Waals surface area contributed by atoms with Crippen molar-refractivity contribution in [2.75, 3.05) is 11.9 Å². The zero-order chi connectivity index (χ0) is 21.8. The summed E-state index contributed by atoms with van der Waals surface area (Å²) in [5.74, 6) is -2.73. The average Bonchev–Trinajstić information content (AvgIpc) is 3.13. The number of furan rings is 1. The summed E-state index contributed by atoms with van der Waals surface area (Å²) in [5.41, 5.74) is 4.03. The fourth-order valence-electron chi connectivity index (χ4n) is 2.93. The molecule has 0 saturated heterocycles. The zero-order valence-electron chi connectivity index (χ0n) is 16.1. The van der Waals surface area contributed by atoms with Gasteiger partial charge in [-0.25, -0.2) is 0 Å². The topological polar surface area (TPSA) is 104 Å². The number of aliphatic hydroxyl groups is 1. The molecule has 2 amide bonds. The number of halogens is 3. The van der Waals surface area contributed by atoms with Gasteiger partial charge in [0.05, 0.1) is 19.2 Å². The molecule has 0 spiro atoms. The Bertz CT molecular complexity index is 858. The fourth-order valence-corrected chi connectivity index (χ4v) is 2.93. The van der Waals surface area contributed by atoms with Crippen LogP contribution in [0.5, 0.6) is 0 Å². The highest BCUT2D eigenvalue weighted by Gasteiger charge is 2.58. The van der Waals surface area contributed by atoms with E-state index in [1.165, 1.54) is 0 Å². The monoisotopic (exact) mass is 413 g/mol. The Kier molecular flexibility index (Phi) is 6.58. The van der Waals surface area contributed by atoms with Crippen molar-refractivity contribution < 1.29 is 32.3 Å². The van der Waals surface area contributed by atoms with Gasteiger partial charge in [0.25, 0.3) is 5.91 Å². The molecule has 0 aliphatic rings. The summed E-state index contributed by atoms with van der Waals surface area (Å²) < 4.78 is 44.4. The molecule has 1 aromatic carbocycles. The highest BCUT2D eigenvalue weighted by molar-refractivity contribution is 5.85. The number of alkyl halides is 3. The van der Waals surface area contributed by atoms with Crippen molar-refractivity contribution in [3.8, 4) is 0 Å². The molecule has 10 heteroatoms. The van der Waals surface area contributed by atoms with Gasteiger partial charge in [-0.1, -0.05) is 17.7 Å². The lowest BCUT2D eigenvalue weighted by atomic mass is 9.95. The van der Waals surface area contributed by atoms with Crippen molar-refractivity contribution in [1.82, 2.24) is 10.9 Å². The van der Waals surface area contributed by atoms with E-state index in [1.54, 1.807) is 0 Å². The fraction of sp³-hybridized carbons (Fsp3) is 0.368. The van der Waals surface area contributed by atoms with Crippen LogP contribution in [-0.4, -0.2) is 29.6 Å². The van der Waals surface area contributed by atoms with E-state index < -0.39 is 35.8 Å². The summed E-state index contributed by atoms with van der Waals surface area (Å²) in [7, 11) is 0. The van der Waals surface area contributed by atoms with E-state index >= 15 is 0 Å². The number of aryl methyl sites for hydroxylation is 3. The molecule has 0 aliphatic heterocycles. The van der Waals surface area contributed by atoms with E-state index in [1.807, 2.05) is 43.8 Å². The van der Waals surface area contributed by atoms with Gasteiger partial charge < -0.3 is 14.8 Å². The van der Waals surface area contributed by atoms with Crippen LogP contribution in [0, 0.1) is 20.8 Å². The van der Waals surface area contributed by atoms with Crippen molar-refractivity contribution >= 4 is 17.5 Å². The van der Waals surface area contributed by atoms with Crippen LogP contribution in [0.25, 0.3) is 0 Å². The van der Waals surface area contributed by atoms with Crippen LogP contribution in [0.4, 0.5) is 18.9 Å². The second-order valence-electron chi connectivity index (χ2n) is 6.74. The molecule has 29 heavy (non-hydrogen) atoms. The van der Waals surface area contributed by atoms with Crippen molar-refractivity contribution in [3.63, 3.8) is 0 Å². The Balaban J connectivity index is 1.92. The number of carbonyl (C=O) groups excluding carboxylic acids is 2. The number of carbonyl (C=O) groups is 2. The lowest BCUT2D eigenvalue weighted by molar-refractivity contribution is -0.273. The summed E-state index contributed by atoms with van der Waals surface area (Å²) in [6.45, 7) is 5.47. The summed E-state index contributed by atoms with van der Waals surface area (Å²) in [6, 6.07) is 5.94. The Morgan fingerprint density at radius 1 is 1.07 bits per heavy atom. The van der Waals surface area contributed by atoms with Crippen LogP contribution in [0.1, 0.15) is 28.9 Å². The summed E-state index contributed by atoms with van der Waals surface area (Å²) in [4.78, 5) is 23.8. The van der Waals surface area contributed by atoms with Gasteiger partial charge in [0.15, 0.2) is 0 Å². The molecule has 2 rings (SSSR count). The molecule has 4 N–H and O–H groups in total. The maximum absolute atomic E-state index is 13.3. The summed E-state index contributed by atoms with van der Waals surface area (Å²) in [5, 5.41) is 12.9. The third-order valence-corrected chi connectivity index (χ3v) is 4.26. The van der Waals surface area contributed by atoms with E-state index in [9.17, 15) is 27.9 Å². The molecule has 158 valence electrons. The van der Waals surface area contributed by atoms with Gasteiger partial charge in [-0.3, -0.25) is 20.4 Å². The first-order valence-electron chi connectivity index (χ1n) is 8.66. The molecule has 1 heterocycles. The number of anilines is 1. The van der Waals surface area contributed by atoms with Gasteiger partial charge in [-0.2, -0.15) is 13.2 Å². The van der Waals surface area contributed by atoms with Crippen LogP contribution < -0.4 is 16.2 Å². The molecule has 7 nitrogen and oxygen atoms in total. The number of hydrogen-bond acceptors (Lipinski definition) is 5. The van der Waals surface area contributed by atoms with Gasteiger partial charge in [-0.05, 0) is 44.0 Å². The SMILES string of the molecule is Cc1cc(C)c(NCC(=O)NNC(=O)C[C@@](O)(c2ccco2)C(F)(F)F)c(C)c1. The maximum atomic E-state index is 13.3. The molecule has 0 unspecified atom stereocenters. The first-order valence-corrected chi connectivity index (χ1v) is 8.66. The second-order valence-corrected chi connectivity index (χ2v) is 6.74. The van der Waals surface area contributed by atoms with Crippen molar-refractivity contribution in [2.24, 2.45) is 0 Å². The lowest BCUT2D eigenvalue weighted by Gasteiger charge is -2.27. The standard InChI is InChI=1S/C19H22F3N3O4/c1-11-7-12(2)17(13(3)8-11)23-10-16(27)25-24-15(26)9-18(28,19(20,21)22)14-5-4-6-29-14/h4-8,23,28H,9-10H2,1-3H3,(H,24,26)(H,25,27)/t18-/m1/s1. The van der Waals surface area contributed by atoms with E-state index in [4.69, 9.17) is 0 Å². The number of nitrogens with one attached hydrogen (secondary N) is 3. The van der Waals surface area contributed by atoms with E-state index in [2.05, 4.69) is 9.73 Å². The van der Waals surface area contributed by atoms with E-state index in [-0.39, 0.29) is 6.54 Å². The number of benzene rings is 1. The number of amides is 2. The Hall–Kier alpha value is -3.01. The third kappa shape index (κ3) is 5.29. The van der Waals surface area contributed by atoms with Crippen molar-refractivity contribution in [2.45, 2.75) is 39.0 Å². The van der Waals surface area contributed by atoms with Crippen LogP contribution >= 0.6 is 0 Å². The van der Waals surface area contributed by atoms with Crippen LogP contribution in [0.15, 0.2) is 34.9 Å². The molecule has 0 aliphatic carbocycles. The minimum Gasteiger partial charge on any atom is -0.466 e. The van der Waals surface area contributed by atoms with Gasteiger partial charge in [0.2, 0.25) is 11.5 Å².